The number of carboxylic acid groups (broad SMARTS) is 1. The third-order valence-electron chi connectivity index (χ3n) is 17.3. The lowest BCUT2D eigenvalue weighted by Gasteiger charge is -2.25. The molecule has 0 saturated heterocycles. The van der Waals surface area contributed by atoms with E-state index in [9.17, 15) is 19.5 Å². The molecule has 0 radical (unpaired) electrons. The number of rotatable bonds is 73. The van der Waals surface area contributed by atoms with E-state index in [0.29, 0.717) is 17.4 Å². The van der Waals surface area contributed by atoms with Crippen LogP contribution in [0.25, 0.3) is 0 Å². The molecule has 0 saturated carbocycles. The predicted octanol–water partition coefficient (Wildman–Crippen LogP) is 25.1. The number of nitrogens with zero attached hydrogens (tertiary/aromatic N) is 1. The van der Waals surface area contributed by atoms with Crippen molar-refractivity contribution in [2.45, 2.75) is 373 Å². The minimum Gasteiger partial charge on any atom is -0.477 e. The number of allylic oxidation sites excluding steroid dienone is 16. The quantitative estimate of drug-likeness (QED) is 0.0211. The number of esters is 2. The molecule has 1 N–H and O–H groups in total. The van der Waals surface area contributed by atoms with Gasteiger partial charge in [0, 0.05) is 12.8 Å². The maximum Gasteiger partial charge on any atom is 0.361 e. The molecule has 0 aromatic heterocycles. The van der Waals surface area contributed by atoms with Gasteiger partial charge in [-0.15, -0.1) is 0 Å². The van der Waals surface area contributed by atoms with Gasteiger partial charge in [-0.1, -0.05) is 355 Å². The van der Waals surface area contributed by atoms with Crippen LogP contribution in [0.3, 0.4) is 0 Å². The Balaban J connectivity index is 3.98. The van der Waals surface area contributed by atoms with Crippen molar-refractivity contribution in [3.8, 4) is 0 Å². The summed E-state index contributed by atoms with van der Waals surface area (Å²) in [6.45, 7) is 4.70. The van der Waals surface area contributed by atoms with Crippen molar-refractivity contribution in [2.24, 2.45) is 0 Å². The van der Waals surface area contributed by atoms with E-state index in [-0.39, 0.29) is 38.2 Å². The molecule has 0 bridgehead atoms. The van der Waals surface area contributed by atoms with Gasteiger partial charge in [-0.3, -0.25) is 9.59 Å². The molecule has 538 valence electrons. The first kappa shape index (κ1) is 89.2. The van der Waals surface area contributed by atoms with Crippen LogP contribution in [-0.4, -0.2) is 87.4 Å². The van der Waals surface area contributed by atoms with Crippen LogP contribution in [0.2, 0.25) is 0 Å². The van der Waals surface area contributed by atoms with Gasteiger partial charge in [0.05, 0.1) is 34.4 Å². The van der Waals surface area contributed by atoms with Crippen LogP contribution >= 0.6 is 0 Å². The number of likely N-dealkylation sites (N-methyl/N-ethyl adjacent to an activating group) is 1. The zero-order valence-corrected chi connectivity index (χ0v) is 61.7. The topological polar surface area (TPSA) is 108 Å². The predicted molar refractivity (Wildman–Crippen MR) is 401 cm³/mol. The lowest BCUT2D eigenvalue weighted by molar-refractivity contribution is -0.870. The van der Waals surface area contributed by atoms with E-state index in [2.05, 4.69) is 111 Å². The fraction of sp³-hybridized carbons (Fsp3) is 0.774. The monoisotopic (exact) mass is 1300 g/mol. The van der Waals surface area contributed by atoms with Gasteiger partial charge in [0.2, 0.25) is 0 Å². The number of unbranched alkanes of at least 4 members (excludes halogenated alkanes) is 42. The molecule has 0 heterocycles. The molecule has 0 aliphatic rings. The van der Waals surface area contributed by atoms with Crippen molar-refractivity contribution in [3.05, 3.63) is 97.2 Å². The summed E-state index contributed by atoms with van der Waals surface area (Å²) in [6, 6.07) is 0. The standard InChI is InChI=1S/C84H149NO8/c1-6-8-10-12-14-16-18-20-22-24-26-28-30-32-34-36-37-38-39-40-41-42-43-44-45-47-49-51-53-55-57-59-61-63-65-67-69-71-73-75-82(87)93-80(79-92-84(83(88)89)90-77-76-85(3,4)5)78-91-81(86)74-72-70-68-66-64-62-60-58-56-54-52-50-48-46-35-33-31-29-27-25-23-21-19-17-15-13-11-9-7-2/h8-11,14-17,20-23,26-29,80,84H,6-7,12-13,18-19,24-25,30-79H2,1-5H3/p+1/b10-8-,11-9-,16-14-,17-15-,22-20-,23-21-,28-26-,29-27-. The first-order valence-electron chi connectivity index (χ1n) is 39.4. The summed E-state index contributed by atoms with van der Waals surface area (Å²) in [6.07, 6.45) is 99.9. The first-order valence-corrected chi connectivity index (χ1v) is 39.4. The second-order valence-corrected chi connectivity index (χ2v) is 27.6. The number of aliphatic carboxylic acids is 1. The number of carbonyl (C=O) groups excluding carboxylic acids is 2. The summed E-state index contributed by atoms with van der Waals surface area (Å²) in [7, 11) is 5.99. The second-order valence-electron chi connectivity index (χ2n) is 27.6. The van der Waals surface area contributed by atoms with E-state index in [0.717, 1.165) is 89.9 Å². The van der Waals surface area contributed by atoms with Gasteiger partial charge < -0.3 is 28.5 Å². The number of carbonyl (C=O) groups is 3. The third kappa shape index (κ3) is 75.5. The molecule has 9 nitrogen and oxygen atoms in total. The fourth-order valence-corrected chi connectivity index (χ4v) is 11.4. The summed E-state index contributed by atoms with van der Waals surface area (Å²) in [5, 5.41) is 9.77. The number of hydrogen-bond donors (Lipinski definition) is 1. The number of ether oxygens (including phenoxy) is 4. The molecule has 9 heteroatoms. The van der Waals surface area contributed by atoms with E-state index in [4.69, 9.17) is 18.9 Å². The molecule has 0 aromatic carbocycles. The van der Waals surface area contributed by atoms with Crippen molar-refractivity contribution in [1.82, 2.24) is 0 Å². The fourth-order valence-electron chi connectivity index (χ4n) is 11.4. The van der Waals surface area contributed by atoms with Crippen LogP contribution < -0.4 is 0 Å². The molecule has 2 unspecified atom stereocenters. The van der Waals surface area contributed by atoms with E-state index in [1.54, 1.807) is 0 Å². The zero-order chi connectivity index (χ0) is 67.5. The van der Waals surface area contributed by atoms with Gasteiger partial charge in [0.25, 0.3) is 6.29 Å². The maximum absolute atomic E-state index is 13.0. The van der Waals surface area contributed by atoms with Crippen LogP contribution in [0.5, 0.6) is 0 Å². The van der Waals surface area contributed by atoms with Crippen molar-refractivity contribution in [1.29, 1.82) is 0 Å². The Hall–Kier alpha value is -3.79. The van der Waals surface area contributed by atoms with Crippen LogP contribution in [0.1, 0.15) is 361 Å². The van der Waals surface area contributed by atoms with Crippen molar-refractivity contribution < 1.29 is 42.9 Å². The Morgan fingerprint density at radius 2 is 0.581 bits per heavy atom. The molecule has 0 amide bonds. The molecule has 0 spiro atoms. The Bertz CT molecular complexity index is 1850. The van der Waals surface area contributed by atoms with Gasteiger partial charge in [-0.2, -0.15) is 0 Å². The van der Waals surface area contributed by atoms with Gasteiger partial charge >= 0.3 is 17.9 Å². The van der Waals surface area contributed by atoms with Gasteiger partial charge in [-0.25, -0.2) is 4.79 Å². The third-order valence-corrected chi connectivity index (χ3v) is 17.3. The smallest absolute Gasteiger partial charge is 0.361 e. The Kier molecular flexibility index (Phi) is 71.0. The SMILES string of the molecule is CC/C=C\C/C=C\C/C=C\C/C=C\CCCCCCCCCCCCCCCCCCCCCCCCCCCCC(=O)OC(COC(=O)CCCCCCCCCCCCCCCCCC/C=C\C/C=C\C/C=C\C/C=C\CC)COC(OCC[N+](C)(C)C)C(=O)O. The normalized spacial score (nSPS) is 13.2. The van der Waals surface area contributed by atoms with E-state index < -0.39 is 18.4 Å². The van der Waals surface area contributed by atoms with E-state index >= 15 is 0 Å². The largest absolute Gasteiger partial charge is 0.477 e. The highest BCUT2D eigenvalue weighted by Crippen LogP contribution is 2.19. The summed E-state index contributed by atoms with van der Waals surface area (Å²) >= 11 is 0. The molecular weight excluding hydrogens is 1150 g/mol. The molecular formula is C84H150NO8+. The number of hydrogen-bond acceptors (Lipinski definition) is 7. The highest BCUT2D eigenvalue weighted by atomic mass is 16.7. The molecule has 0 aliphatic carbocycles. The van der Waals surface area contributed by atoms with Crippen LogP contribution in [-0.2, 0) is 33.3 Å². The molecule has 93 heavy (non-hydrogen) atoms. The van der Waals surface area contributed by atoms with Crippen LogP contribution in [0.4, 0.5) is 0 Å². The molecule has 2 atom stereocenters. The minimum atomic E-state index is -1.51. The Morgan fingerprint density at radius 3 is 0.860 bits per heavy atom. The zero-order valence-electron chi connectivity index (χ0n) is 61.7. The van der Waals surface area contributed by atoms with Crippen molar-refractivity contribution >= 4 is 17.9 Å². The second kappa shape index (κ2) is 74.0. The van der Waals surface area contributed by atoms with Crippen LogP contribution in [0.15, 0.2) is 97.2 Å². The lowest BCUT2D eigenvalue weighted by atomic mass is 10.0. The lowest BCUT2D eigenvalue weighted by Crippen LogP contribution is -2.40. The highest BCUT2D eigenvalue weighted by Gasteiger charge is 2.25. The molecule has 0 rings (SSSR count). The van der Waals surface area contributed by atoms with Gasteiger partial charge in [-0.05, 0) is 89.9 Å². The summed E-state index contributed by atoms with van der Waals surface area (Å²) in [5.41, 5.74) is 0. The molecule has 0 aliphatic heterocycles. The summed E-state index contributed by atoms with van der Waals surface area (Å²) in [5.74, 6) is -1.98. The average molecular weight is 1300 g/mol. The van der Waals surface area contributed by atoms with Crippen molar-refractivity contribution in [2.75, 3.05) is 47.5 Å². The van der Waals surface area contributed by atoms with E-state index in [1.165, 1.54) is 244 Å². The first-order chi connectivity index (χ1) is 45.6. The highest BCUT2D eigenvalue weighted by molar-refractivity contribution is 5.71. The molecule has 0 fully saturated rings. The summed E-state index contributed by atoms with van der Waals surface area (Å²) < 4.78 is 23.1. The Morgan fingerprint density at radius 1 is 0.323 bits per heavy atom. The van der Waals surface area contributed by atoms with Crippen molar-refractivity contribution in [3.63, 3.8) is 0 Å². The van der Waals surface area contributed by atoms with Gasteiger partial charge in [0.15, 0.2) is 6.10 Å². The minimum absolute atomic E-state index is 0.180. The van der Waals surface area contributed by atoms with Gasteiger partial charge in [0.1, 0.15) is 13.2 Å². The number of quaternary nitrogens is 1. The Labute approximate surface area is 575 Å². The summed E-state index contributed by atoms with van der Waals surface area (Å²) in [4.78, 5) is 37.7. The van der Waals surface area contributed by atoms with E-state index in [1.807, 2.05) is 21.1 Å². The maximum atomic E-state index is 13.0. The molecule has 0 aromatic rings. The van der Waals surface area contributed by atoms with Crippen LogP contribution in [0, 0.1) is 0 Å². The number of carboxylic acids is 1. The average Bonchev–Trinajstić information content (AvgIpc) is 3.38.